The molecule has 0 aliphatic rings. The molecule has 0 aliphatic heterocycles. The summed E-state index contributed by atoms with van der Waals surface area (Å²) in [4.78, 5) is 0. The third-order valence-corrected chi connectivity index (χ3v) is 6.41. The Morgan fingerprint density at radius 3 is 2.30 bits per heavy atom. The lowest BCUT2D eigenvalue weighted by atomic mass is 9.95. The molecule has 0 spiro atoms. The Morgan fingerprint density at radius 1 is 1.25 bits per heavy atom. The molecule has 0 aliphatic carbocycles. The smallest absolute Gasteiger partial charge is 0.154 e. The number of halogens is 2. The highest BCUT2D eigenvalue weighted by molar-refractivity contribution is 7.92. The summed E-state index contributed by atoms with van der Waals surface area (Å²) in [5, 5.41) is 4.19. The second-order valence-corrected chi connectivity index (χ2v) is 8.85. The van der Waals surface area contributed by atoms with Crippen molar-refractivity contribution in [1.29, 1.82) is 0 Å². The van der Waals surface area contributed by atoms with Crippen LogP contribution in [0.1, 0.15) is 38.8 Å². The third-order valence-electron chi connectivity index (χ3n) is 3.53. The van der Waals surface area contributed by atoms with E-state index in [1.165, 1.54) is 6.26 Å². The highest BCUT2D eigenvalue weighted by atomic mass is 35.5. The van der Waals surface area contributed by atoms with Crippen LogP contribution >= 0.6 is 23.2 Å². The minimum Gasteiger partial charge on any atom is -0.309 e. The van der Waals surface area contributed by atoms with Gasteiger partial charge in [0.25, 0.3) is 0 Å². The van der Waals surface area contributed by atoms with Gasteiger partial charge in [-0.1, -0.05) is 36.2 Å². The Morgan fingerprint density at radius 2 is 1.85 bits per heavy atom. The minimum absolute atomic E-state index is 0.341. The van der Waals surface area contributed by atoms with E-state index < -0.39 is 14.6 Å². The molecule has 3 nitrogen and oxygen atoms in total. The van der Waals surface area contributed by atoms with Gasteiger partial charge in [-0.3, -0.25) is 0 Å². The molecular weight excluding hydrogens is 317 g/mol. The fraction of sp³-hybridized carbons (Fsp3) is 0.571. The normalized spacial score (nSPS) is 14.3. The highest BCUT2D eigenvalue weighted by Crippen LogP contribution is 2.35. The van der Waals surface area contributed by atoms with Crippen molar-refractivity contribution in [2.45, 2.75) is 38.0 Å². The standard InChI is InChI=1S/C14H21Cl2NO2S/c1-5-8-17-13(14(2,3)20(4,18)19)10-6-7-11(15)12(16)9-10/h6-7,9,13,17H,5,8H2,1-4H3. The Labute approximate surface area is 131 Å². The molecule has 1 atom stereocenters. The molecule has 0 amide bonds. The Balaban J connectivity index is 3.28. The maximum atomic E-state index is 12.1. The van der Waals surface area contributed by atoms with Crippen LogP contribution in [-0.4, -0.2) is 26.0 Å². The quantitative estimate of drug-likeness (QED) is 0.857. The van der Waals surface area contributed by atoms with Crippen LogP contribution in [0, 0.1) is 0 Å². The first kappa shape index (κ1) is 17.8. The summed E-state index contributed by atoms with van der Waals surface area (Å²) >= 11 is 12.0. The lowest BCUT2D eigenvalue weighted by molar-refractivity contribution is 0.420. The Bertz CT molecular complexity index is 571. The SMILES string of the molecule is CCCNC(c1ccc(Cl)c(Cl)c1)C(C)(C)S(C)(=O)=O. The minimum atomic E-state index is -3.24. The van der Waals surface area contributed by atoms with Gasteiger partial charge in [0.05, 0.1) is 20.8 Å². The summed E-state index contributed by atoms with van der Waals surface area (Å²) in [6, 6.07) is 4.89. The molecular formula is C14H21Cl2NO2S. The van der Waals surface area contributed by atoms with Crippen molar-refractivity contribution in [3.63, 3.8) is 0 Å². The van der Waals surface area contributed by atoms with Crippen molar-refractivity contribution in [2.75, 3.05) is 12.8 Å². The van der Waals surface area contributed by atoms with E-state index in [-0.39, 0.29) is 6.04 Å². The Kier molecular flexibility index (Phi) is 5.90. The lowest BCUT2D eigenvalue weighted by Gasteiger charge is -2.34. The molecule has 0 saturated heterocycles. The third kappa shape index (κ3) is 3.88. The molecule has 0 aromatic heterocycles. The van der Waals surface area contributed by atoms with Crippen LogP contribution in [0.2, 0.25) is 10.0 Å². The molecule has 1 rings (SSSR count). The van der Waals surface area contributed by atoms with E-state index in [4.69, 9.17) is 23.2 Å². The van der Waals surface area contributed by atoms with Crippen LogP contribution in [0.25, 0.3) is 0 Å². The fourth-order valence-electron chi connectivity index (χ4n) is 1.96. The molecule has 0 fully saturated rings. The molecule has 6 heteroatoms. The number of sulfone groups is 1. The molecule has 0 heterocycles. The summed E-state index contributed by atoms with van der Waals surface area (Å²) in [5.74, 6) is 0. The first-order chi connectivity index (χ1) is 9.11. The maximum Gasteiger partial charge on any atom is 0.154 e. The fourth-order valence-corrected chi connectivity index (χ4v) is 2.91. The average Bonchev–Trinajstić information content (AvgIpc) is 2.32. The maximum absolute atomic E-state index is 12.1. The molecule has 1 N–H and O–H groups in total. The number of benzene rings is 1. The van der Waals surface area contributed by atoms with Crippen molar-refractivity contribution in [3.8, 4) is 0 Å². The van der Waals surface area contributed by atoms with Crippen LogP contribution in [0.3, 0.4) is 0 Å². The second kappa shape index (κ2) is 6.65. The van der Waals surface area contributed by atoms with Gasteiger partial charge >= 0.3 is 0 Å². The van der Waals surface area contributed by atoms with Gasteiger partial charge in [-0.15, -0.1) is 0 Å². The highest BCUT2D eigenvalue weighted by Gasteiger charge is 2.39. The van der Waals surface area contributed by atoms with Crippen molar-refractivity contribution in [2.24, 2.45) is 0 Å². The van der Waals surface area contributed by atoms with E-state index in [1.54, 1.807) is 26.0 Å². The molecule has 114 valence electrons. The van der Waals surface area contributed by atoms with E-state index >= 15 is 0 Å². The molecule has 0 radical (unpaired) electrons. The van der Waals surface area contributed by atoms with E-state index in [2.05, 4.69) is 5.32 Å². The van der Waals surface area contributed by atoms with E-state index in [1.807, 2.05) is 13.0 Å². The van der Waals surface area contributed by atoms with Crippen LogP contribution < -0.4 is 5.32 Å². The van der Waals surface area contributed by atoms with Gasteiger partial charge in [-0.05, 0) is 44.5 Å². The van der Waals surface area contributed by atoms with E-state index in [0.717, 1.165) is 18.5 Å². The Hall–Kier alpha value is -0.290. The van der Waals surface area contributed by atoms with Crippen LogP contribution in [0.4, 0.5) is 0 Å². The molecule has 0 bridgehead atoms. The van der Waals surface area contributed by atoms with Crippen molar-refractivity contribution < 1.29 is 8.42 Å². The van der Waals surface area contributed by atoms with Crippen molar-refractivity contribution in [1.82, 2.24) is 5.32 Å². The average molecular weight is 338 g/mol. The second-order valence-electron chi connectivity index (χ2n) is 5.44. The monoisotopic (exact) mass is 337 g/mol. The largest absolute Gasteiger partial charge is 0.309 e. The zero-order valence-electron chi connectivity index (χ0n) is 12.2. The predicted molar refractivity (Wildman–Crippen MR) is 86.4 cm³/mol. The van der Waals surface area contributed by atoms with Crippen molar-refractivity contribution >= 4 is 33.0 Å². The first-order valence-corrected chi connectivity index (χ1v) is 9.14. The van der Waals surface area contributed by atoms with Gasteiger partial charge in [0.15, 0.2) is 9.84 Å². The van der Waals surface area contributed by atoms with Gasteiger partial charge < -0.3 is 5.32 Å². The number of rotatable bonds is 6. The summed E-state index contributed by atoms with van der Waals surface area (Å²) in [7, 11) is -3.24. The number of nitrogens with one attached hydrogen (secondary N) is 1. The molecule has 1 aromatic carbocycles. The van der Waals surface area contributed by atoms with Crippen LogP contribution in [0.15, 0.2) is 18.2 Å². The topological polar surface area (TPSA) is 46.2 Å². The van der Waals surface area contributed by atoms with E-state index in [0.29, 0.717) is 10.0 Å². The molecule has 1 aromatic rings. The van der Waals surface area contributed by atoms with E-state index in [9.17, 15) is 8.42 Å². The zero-order chi connectivity index (χ0) is 15.6. The van der Waals surface area contributed by atoms with Gasteiger partial charge in [-0.25, -0.2) is 8.42 Å². The van der Waals surface area contributed by atoms with Gasteiger partial charge in [0, 0.05) is 6.26 Å². The lowest BCUT2D eigenvalue weighted by Crippen LogP contribution is -2.45. The van der Waals surface area contributed by atoms with Crippen LogP contribution in [0.5, 0.6) is 0 Å². The first-order valence-electron chi connectivity index (χ1n) is 6.49. The summed E-state index contributed by atoms with van der Waals surface area (Å²) in [6.07, 6.45) is 2.17. The number of hydrogen-bond acceptors (Lipinski definition) is 3. The van der Waals surface area contributed by atoms with Gasteiger partial charge in [-0.2, -0.15) is 0 Å². The van der Waals surface area contributed by atoms with Gasteiger partial charge in [0.2, 0.25) is 0 Å². The molecule has 0 saturated carbocycles. The summed E-state index contributed by atoms with van der Waals surface area (Å²) in [5.41, 5.74) is 0.822. The predicted octanol–water partition coefficient (Wildman–Crippen LogP) is 3.86. The zero-order valence-corrected chi connectivity index (χ0v) is 14.5. The van der Waals surface area contributed by atoms with Crippen LogP contribution in [-0.2, 0) is 9.84 Å². The molecule has 20 heavy (non-hydrogen) atoms. The number of hydrogen-bond donors (Lipinski definition) is 1. The summed E-state index contributed by atoms with van der Waals surface area (Å²) in [6.45, 7) is 6.20. The van der Waals surface area contributed by atoms with Crippen molar-refractivity contribution in [3.05, 3.63) is 33.8 Å². The molecule has 1 unspecified atom stereocenters. The summed E-state index contributed by atoms with van der Waals surface area (Å²) < 4.78 is 23.2. The van der Waals surface area contributed by atoms with Gasteiger partial charge in [0.1, 0.15) is 0 Å².